The van der Waals surface area contributed by atoms with Gasteiger partial charge < -0.3 is 11.1 Å². The minimum atomic E-state index is 0.0491. The van der Waals surface area contributed by atoms with Crippen molar-refractivity contribution in [1.29, 1.82) is 0 Å². The first kappa shape index (κ1) is 13.8. The Bertz CT molecular complexity index is 396. The first-order chi connectivity index (χ1) is 9.24. The van der Waals surface area contributed by atoms with E-state index in [0.717, 1.165) is 12.3 Å². The Morgan fingerprint density at radius 1 is 1.32 bits per heavy atom. The summed E-state index contributed by atoms with van der Waals surface area (Å²) in [5, 5.41) is 2.80. The molecule has 4 nitrogen and oxygen atoms in total. The average molecular weight is 261 g/mol. The van der Waals surface area contributed by atoms with Crippen molar-refractivity contribution < 1.29 is 4.79 Å². The zero-order chi connectivity index (χ0) is 13.5. The third-order valence-electron chi connectivity index (χ3n) is 3.79. The fourth-order valence-corrected chi connectivity index (χ4v) is 2.71. The second-order valence-corrected chi connectivity index (χ2v) is 5.42. The van der Waals surface area contributed by atoms with E-state index in [1.54, 1.807) is 18.3 Å². The van der Waals surface area contributed by atoms with Gasteiger partial charge in [-0.2, -0.15) is 0 Å². The fraction of sp³-hybridized carbons (Fsp3) is 0.600. The summed E-state index contributed by atoms with van der Waals surface area (Å²) in [7, 11) is 0. The lowest BCUT2D eigenvalue weighted by Crippen LogP contribution is -2.13. The van der Waals surface area contributed by atoms with E-state index in [1.807, 2.05) is 0 Å². The van der Waals surface area contributed by atoms with Gasteiger partial charge in [-0.3, -0.25) is 4.79 Å². The molecule has 0 radical (unpaired) electrons. The standard InChI is InChI=1S/C15H23N3O/c16-13-9-10-14(17-11-13)18-15(19)8-4-7-12-5-2-1-3-6-12/h9-12H,1-8,16H2,(H,17,18,19). The van der Waals surface area contributed by atoms with E-state index in [-0.39, 0.29) is 5.91 Å². The van der Waals surface area contributed by atoms with Crippen LogP contribution < -0.4 is 11.1 Å². The third-order valence-corrected chi connectivity index (χ3v) is 3.79. The van der Waals surface area contributed by atoms with Gasteiger partial charge in [-0.15, -0.1) is 0 Å². The first-order valence-electron chi connectivity index (χ1n) is 7.25. The lowest BCUT2D eigenvalue weighted by Gasteiger charge is -2.21. The Kier molecular flexibility index (Phi) is 5.19. The Hall–Kier alpha value is -1.58. The number of nitrogens with two attached hydrogens (primary N) is 1. The van der Waals surface area contributed by atoms with Crippen molar-refractivity contribution in [3.05, 3.63) is 18.3 Å². The van der Waals surface area contributed by atoms with Gasteiger partial charge in [0.05, 0.1) is 11.9 Å². The molecule has 0 aromatic carbocycles. The summed E-state index contributed by atoms with van der Waals surface area (Å²) >= 11 is 0. The van der Waals surface area contributed by atoms with Crippen molar-refractivity contribution in [2.45, 2.75) is 51.4 Å². The van der Waals surface area contributed by atoms with Crippen molar-refractivity contribution in [2.75, 3.05) is 11.1 Å². The van der Waals surface area contributed by atoms with Crippen molar-refractivity contribution >= 4 is 17.4 Å². The predicted octanol–water partition coefficient (Wildman–Crippen LogP) is 3.35. The van der Waals surface area contributed by atoms with E-state index in [0.29, 0.717) is 17.9 Å². The van der Waals surface area contributed by atoms with Crippen LogP contribution in [-0.4, -0.2) is 10.9 Å². The van der Waals surface area contributed by atoms with Crippen LogP contribution >= 0.6 is 0 Å². The summed E-state index contributed by atoms with van der Waals surface area (Å²) < 4.78 is 0. The molecule has 0 unspecified atom stereocenters. The molecule has 4 heteroatoms. The minimum absolute atomic E-state index is 0.0491. The maximum atomic E-state index is 11.8. The summed E-state index contributed by atoms with van der Waals surface area (Å²) in [6.45, 7) is 0. The van der Waals surface area contributed by atoms with Crippen molar-refractivity contribution in [1.82, 2.24) is 4.98 Å². The summed E-state index contributed by atoms with van der Waals surface area (Å²) in [6, 6.07) is 3.47. The van der Waals surface area contributed by atoms with Gasteiger partial charge in [0.1, 0.15) is 5.82 Å². The number of amides is 1. The minimum Gasteiger partial charge on any atom is -0.397 e. The second kappa shape index (κ2) is 7.12. The van der Waals surface area contributed by atoms with Crippen LogP contribution in [-0.2, 0) is 4.79 Å². The van der Waals surface area contributed by atoms with Crippen LogP contribution in [0.1, 0.15) is 51.4 Å². The highest BCUT2D eigenvalue weighted by molar-refractivity contribution is 5.89. The maximum Gasteiger partial charge on any atom is 0.225 e. The number of aromatic nitrogens is 1. The molecule has 1 aromatic heterocycles. The normalized spacial score (nSPS) is 16.2. The average Bonchev–Trinajstić information content (AvgIpc) is 2.43. The number of carbonyl (C=O) groups excluding carboxylic acids is 1. The van der Waals surface area contributed by atoms with Crippen LogP contribution in [0.2, 0.25) is 0 Å². The molecule has 0 atom stereocenters. The molecule has 2 rings (SSSR count). The topological polar surface area (TPSA) is 68.0 Å². The van der Waals surface area contributed by atoms with E-state index in [2.05, 4.69) is 10.3 Å². The van der Waals surface area contributed by atoms with Gasteiger partial charge >= 0.3 is 0 Å². The molecular weight excluding hydrogens is 238 g/mol. The van der Waals surface area contributed by atoms with Gasteiger partial charge in [0.2, 0.25) is 5.91 Å². The number of carbonyl (C=O) groups is 1. The molecule has 1 aromatic rings. The Morgan fingerprint density at radius 2 is 2.11 bits per heavy atom. The lowest BCUT2D eigenvalue weighted by atomic mass is 9.86. The predicted molar refractivity (Wildman–Crippen MR) is 77.7 cm³/mol. The second-order valence-electron chi connectivity index (χ2n) is 5.42. The molecule has 3 N–H and O–H groups in total. The molecule has 1 aliphatic rings. The summed E-state index contributed by atoms with van der Waals surface area (Å²) in [5.41, 5.74) is 6.15. The number of nitrogen functional groups attached to an aromatic ring is 1. The Labute approximate surface area is 114 Å². The Morgan fingerprint density at radius 3 is 2.79 bits per heavy atom. The van der Waals surface area contributed by atoms with Crippen LogP contribution in [0.15, 0.2) is 18.3 Å². The third kappa shape index (κ3) is 4.89. The van der Waals surface area contributed by atoms with E-state index in [9.17, 15) is 4.79 Å². The number of nitrogens with one attached hydrogen (secondary N) is 1. The molecule has 19 heavy (non-hydrogen) atoms. The SMILES string of the molecule is Nc1ccc(NC(=O)CCCC2CCCCC2)nc1. The quantitative estimate of drug-likeness (QED) is 0.854. The smallest absolute Gasteiger partial charge is 0.225 e. The van der Waals surface area contributed by atoms with Crippen LogP contribution in [0.3, 0.4) is 0 Å². The number of hydrogen-bond donors (Lipinski definition) is 2. The van der Waals surface area contributed by atoms with E-state index >= 15 is 0 Å². The van der Waals surface area contributed by atoms with Gasteiger partial charge in [-0.25, -0.2) is 4.98 Å². The molecule has 1 amide bonds. The van der Waals surface area contributed by atoms with E-state index in [4.69, 9.17) is 5.73 Å². The number of hydrogen-bond acceptors (Lipinski definition) is 3. The van der Waals surface area contributed by atoms with Gasteiger partial charge in [-0.1, -0.05) is 32.1 Å². The molecule has 1 saturated carbocycles. The van der Waals surface area contributed by atoms with Gasteiger partial charge in [-0.05, 0) is 30.9 Å². The van der Waals surface area contributed by atoms with Gasteiger partial charge in [0.15, 0.2) is 0 Å². The molecule has 1 fully saturated rings. The fourth-order valence-electron chi connectivity index (χ4n) is 2.71. The van der Waals surface area contributed by atoms with Crippen LogP contribution in [0.4, 0.5) is 11.5 Å². The van der Waals surface area contributed by atoms with Gasteiger partial charge in [0, 0.05) is 6.42 Å². The zero-order valence-electron chi connectivity index (χ0n) is 11.4. The summed E-state index contributed by atoms with van der Waals surface area (Å²) in [6.07, 6.45) is 11.1. The van der Waals surface area contributed by atoms with E-state index in [1.165, 1.54) is 38.5 Å². The monoisotopic (exact) mass is 261 g/mol. The zero-order valence-corrected chi connectivity index (χ0v) is 11.4. The van der Waals surface area contributed by atoms with Crippen LogP contribution in [0, 0.1) is 5.92 Å². The highest BCUT2D eigenvalue weighted by Crippen LogP contribution is 2.27. The first-order valence-corrected chi connectivity index (χ1v) is 7.25. The molecule has 0 bridgehead atoms. The van der Waals surface area contributed by atoms with Crippen molar-refractivity contribution in [3.8, 4) is 0 Å². The van der Waals surface area contributed by atoms with Crippen molar-refractivity contribution in [3.63, 3.8) is 0 Å². The van der Waals surface area contributed by atoms with Crippen molar-refractivity contribution in [2.24, 2.45) is 5.92 Å². The van der Waals surface area contributed by atoms with Gasteiger partial charge in [0.25, 0.3) is 0 Å². The Balaban J connectivity index is 1.65. The molecule has 0 aliphatic heterocycles. The highest BCUT2D eigenvalue weighted by Gasteiger charge is 2.13. The summed E-state index contributed by atoms with van der Waals surface area (Å²) in [5.74, 6) is 1.47. The van der Waals surface area contributed by atoms with Crippen LogP contribution in [0.25, 0.3) is 0 Å². The molecular formula is C15H23N3O. The largest absolute Gasteiger partial charge is 0.397 e. The number of rotatable bonds is 5. The molecule has 0 spiro atoms. The highest BCUT2D eigenvalue weighted by atomic mass is 16.1. The lowest BCUT2D eigenvalue weighted by molar-refractivity contribution is -0.116. The number of pyridine rings is 1. The molecule has 104 valence electrons. The molecule has 0 saturated heterocycles. The maximum absolute atomic E-state index is 11.8. The number of anilines is 2. The number of nitrogens with zero attached hydrogens (tertiary/aromatic N) is 1. The van der Waals surface area contributed by atoms with E-state index < -0.39 is 0 Å². The molecule has 1 aliphatic carbocycles. The van der Waals surface area contributed by atoms with Crippen LogP contribution in [0.5, 0.6) is 0 Å². The molecule has 1 heterocycles. The summed E-state index contributed by atoms with van der Waals surface area (Å²) in [4.78, 5) is 15.8.